The quantitative estimate of drug-likeness (QED) is 0.899. The summed E-state index contributed by atoms with van der Waals surface area (Å²) in [5.74, 6) is -0.856. The van der Waals surface area contributed by atoms with E-state index in [9.17, 15) is 9.18 Å². The monoisotopic (exact) mass is 292 g/mol. The van der Waals surface area contributed by atoms with Crippen LogP contribution in [-0.2, 0) is 4.79 Å². The number of anilines is 2. The summed E-state index contributed by atoms with van der Waals surface area (Å²) in [4.78, 5) is 11.8. The van der Waals surface area contributed by atoms with Gasteiger partial charge in [-0.2, -0.15) is 0 Å². The third-order valence-electron chi connectivity index (χ3n) is 2.67. The Kier molecular flexibility index (Phi) is 4.58. The van der Waals surface area contributed by atoms with E-state index in [2.05, 4.69) is 10.6 Å². The van der Waals surface area contributed by atoms with Gasteiger partial charge in [-0.3, -0.25) is 4.79 Å². The van der Waals surface area contributed by atoms with Crippen LogP contribution in [-0.4, -0.2) is 12.5 Å². The summed E-state index contributed by atoms with van der Waals surface area (Å²) in [7, 11) is 0. The summed E-state index contributed by atoms with van der Waals surface area (Å²) in [6.07, 6.45) is 0. The smallest absolute Gasteiger partial charge is 0.243 e. The molecule has 0 radical (unpaired) electrons. The van der Waals surface area contributed by atoms with Gasteiger partial charge in [0.25, 0.3) is 0 Å². The van der Waals surface area contributed by atoms with Gasteiger partial charge in [0.15, 0.2) is 0 Å². The van der Waals surface area contributed by atoms with Crippen LogP contribution in [0.5, 0.6) is 0 Å². The lowest BCUT2D eigenvalue weighted by atomic mass is 10.2. The molecule has 3 nitrogen and oxygen atoms in total. The van der Waals surface area contributed by atoms with Gasteiger partial charge in [-0.25, -0.2) is 4.39 Å². The zero-order valence-electron chi connectivity index (χ0n) is 10.9. The molecule has 0 aliphatic rings. The van der Waals surface area contributed by atoms with Crippen LogP contribution in [0.3, 0.4) is 0 Å². The van der Waals surface area contributed by atoms with Crippen LogP contribution in [0.25, 0.3) is 0 Å². The predicted octanol–water partition coefficient (Wildman–Crippen LogP) is 3.84. The molecule has 2 N–H and O–H groups in total. The van der Waals surface area contributed by atoms with Crippen molar-refractivity contribution in [1.82, 2.24) is 0 Å². The highest BCUT2D eigenvalue weighted by Crippen LogP contribution is 2.19. The van der Waals surface area contributed by atoms with Crippen LogP contribution in [0.2, 0.25) is 5.02 Å². The van der Waals surface area contributed by atoms with E-state index in [1.165, 1.54) is 18.2 Å². The Morgan fingerprint density at radius 3 is 2.80 bits per heavy atom. The fourth-order valence-electron chi connectivity index (χ4n) is 1.73. The van der Waals surface area contributed by atoms with E-state index < -0.39 is 5.82 Å². The molecular formula is C15H14ClFN2O. The second kappa shape index (κ2) is 6.39. The molecule has 0 spiro atoms. The maximum atomic E-state index is 13.5. The molecule has 0 bridgehead atoms. The van der Waals surface area contributed by atoms with Crippen LogP contribution in [0.1, 0.15) is 5.56 Å². The molecule has 0 atom stereocenters. The van der Waals surface area contributed by atoms with Gasteiger partial charge in [0, 0.05) is 10.7 Å². The van der Waals surface area contributed by atoms with Gasteiger partial charge in [-0.05, 0) is 42.8 Å². The van der Waals surface area contributed by atoms with Crippen molar-refractivity contribution in [3.8, 4) is 0 Å². The largest absolute Gasteiger partial charge is 0.376 e. The van der Waals surface area contributed by atoms with Crippen molar-refractivity contribution in [1.29, 1.82) is 0 Å². The number of benzene rings is 2. The van der Waals surface area contributed by atoms with Crippen molar-refractivity contribution in [2.45, 2.75) is 6.92 Å². The second-order valence-corrected chi connectivity index (χ2v) is 4.83. The standard InChI is InChI=1S/C15H14ClFN2O/c1-10-3-2-4-12(7-10)18-9-15(20)19-14-8-11(16)5-6-13(14)17/h2-8,18H,9H2,1H3,(H,19,20). The first-order chi connectivity index (χ1) is 9.54. The van der Waals surface area contributed by atoms with Gasteiger partial charge >= 0.3 is 0 Å². The molecule has 1 amide bonds. The van der Waals surface area contributed by atoms with Gasteiger partial charge in [-0.1, -0.05) is 23.7 Å². The summed E-state index contributed by atoms with van der Waals surface area (Å²) in [5.41, 5.74) is 2.01. The number of halogens is 2. The average molecular weight is 293 g/mol. The highest BCUT2D eigenvalue weighted by atomic mass is 35.5. The van der Waals surface area contributed by atoms with Gasteiger partial charge < -0.3 is 10.6 Å². The Morgan fingerprint density at radius 1 is 1.25 bits per heavy atom. The normalized spacial score (nSPS) is 10.2. The Labute approximate surface area is 121 Å². The van der Waals surface area contributed by atoms with Crippen LogP contribution in [0.4, 0.5) is 15.8 Å². The lowest BCUT2D eigenvalue weighted by Gasteiger charge is -2.09. The number of nitrogens with one attached hydrogen (secondary N) is 2. The van der Waals surface area contributed by atoms with E-state index in [1.54, 1.807) is 0 Å². The molecule has 0 aliphatic heterocycles. The first-order valence-electron chi connectivity index (χ1n) is 6.10. The third kappa shape index (κ3) is 3.96. The molecule has 0 unspecified atom stereocenters. The average Bonchev–Trinajstić information content (AvgIpc) is 2.41. The second-order valence-electron chi connectivity index (χ2n) is 4.40. The maximum Gasteiger partial charge on any atom is 0.243 e. The Balaban J connectivity index is 1.94. The minimum absolute atomic E-state index is 0.0510. The summed E-state index contributed by atoms with van der Waals surface area (Å²) < 4.78 is 13.5. The summed E-state index contributed by atoms with van der Waals surface area (Å²) in [5, 5.41) is 5.82. The van der Waals surface area contributed by atoms with E-state index in [0.29, 0.717) is 5.02 Å². The Morgan fingerprint density at radius 2 is 2.05 bits per heavy atom. The van der Waals surface area contributed by atoms with Gasteiger partial charge in [-0.15, -0.1) is 0 Å². The zero-order chi connectivity index (χ0) is 14.5. The molecule has 20 heavy (non-hydrogen) atoms. The number of rotatable bonds is 4. The molecule has 0 aliphatic carbocycles. The number of carbonyl (C=O) groups excluding carboxylic acids is 1. The highest BCUT2D eigenvalue weighted by molar-refractivity contribution is 6.30. The first kappa shape index (κ1) is 14.3. The van der Waals surface area contributed by atoms with Crippen LogP contribution < -0.4 is 10.6 Å². The summed E-state index contributed by atoms with van der Waals surface area (Å²) in [6, 6.07) is 11.7. The number of amides is 1. The molecule has 2 aromatic rings. The van der Waals surface area contributed by atoms with E-state index >= 15 is 0 Å². The number of hydrogen-bond acceptors (Lipinski definition) is 2. The lowest BCUT2D eigenvalue weighted by Crippen LogP contribution is -2.22. The molecule has 0 saturated heterocycles. The van der Waals surface area contributed by atoms with E-state index in [4.69, 9.17) is 11.6 Å². The van der Waals surface area contributed by atoms with E-state index in [1.807, 2.05) is 31.2 Å². The van der Waals surface area contributed by atoms with Crippen molar-refractivity contribution in [3.63, 3.8) is 0 Å². The number of carbonyl (C=O) groups is 1. The molecule has 104 valence electrons. The van der Waals surface area contributed by atoms with Crippen molar-refractivity contribution in [3.05, 3.63) is 58.9 Å². The number of hydrogen-bond donors (Lipinski definition) is 2. The van der Waals surface area contributed by atoms with E-state index in [-0.39, 0.29) is 18.1 Å². The molecule has 5 heteroatoms. The van der Waals surface area contributed by atoms with Crippen LogP contribution >= 0.6 is 11.6 Å². The summed E-state index contributed by atoms with van der Waals surface area (Å²) >= 11 is 5.76. The highest BCUT2D eigenvalue weighted by Gasteiger charge is 2.07. The molecule has 0 fully saturated rings. The van der Waals surface area contributed by atoms with Crippen molar-refractivity contribution in [2.75, 3.05) is 17.2 Å². The van der Waals surface area contributed by atoms with Crippen molar-refractivity contribution >= 4 is 28.9 Å². The van der Waals surface area contributed by atoms with Crippen LogP contribution in [0, 0.1) is 12.7 Å². The van der Waals surface area contributed by atoms with Gasteiger partial charge in [0.1, 0.15) is 5.82 Å². The predicted molar refractivity (Wildman–Crippen MR) is 79.7 cm³/mol. The van der Waals surface area contributed by atoms with Gasteiger partial charge in [0.05, 0.1) is 12.2 Å². The van der Waals surface area contributed by atoms with Crippen molar-refractivity contribution in [2.24, 2.45) is 0 Å². The van der Waals surface area contributed by atoms with Crippen LogP contribution in [0.15, 0.2) is 42.5 Å². The third-order valence-corrected chi connectivity index (χ3v) is 2.91. The molecule has 2 aromatic carbocycles. The fourth-order valence-corrected chi connectivity index (χ4v) is 1.90. The summed E-state index contributed by atoms with van der Waals surface area (Å²) in [6.45, 7) is 2.02. The maximum absolute atomic E-state index is 13.5. The molecule has 0 saturated carbocycles. The molecular weight excluding hydrogens is 279 g/mol. The first-order valence-corrected chi connectivity index (χ1v) is 6.48. The fraction of sp³-hybridized carbons (Fsp3) is 0.133. The topological polar surface area (TPSA) is 41.1 Å². The number of aryl methyl sites for hydroxylation is 1. The lowest BCUT2D eigenvalue weighted by molar-refractivity contribution is -0.114. The molecule has 0 heterocycles. The van der Waals surface area contributed by atoms with Crippen molar-refractivity contribution < 1.29 is 9.18 Å². The Bertz CT molecular complexity index is 631. The minimum Gasteiger partial charge on any atom is -0.376 e. The van der Waals surface area contributed by atoms with E-state index in [0.717, 1.165) is 11.3 Å². The molecule has 0 aromatic heterocycles. The molecule has 2 rings (SSSR count). The van der Waals surface area contributed by atoms with Gasteiger partial charge in [0.2, 0.25) is 5.91 Å². The Hall–Kier alpha value is -2.07. The minimum atomic E-state index is -0.515. The SMILES string of the molecule is Cc1cccc(NCC(=O)Nc2cc(Cl)ccc2F)c1. The zero-order valence-corrected chi connectivity index (χ0v) is 11.7.